The Morgan fingerprint density at radius 1 is 1.04 bits per heavy atom. The minimum absolute atomic E-state index is 0.132. The van der Waals surface area contributed by atoms with Crippen LogP contribution in [0, 0.1) is 6.92 Å². The number of benzene rings is 2. The van der Waals surface area contributed by atoms with E-state index in [1.165, 1.54) is 11.1 Å². The van der Waals surface area contributed by atoms with E-state index in [-0.39, 0.29) is 6.04 Å². The van der Waals surface area contributed by atoms with Crippen molar-refractivity contribution in [2.24, 2.45) is 0 Å². The van der Waals surface area contributed by atoms with Gasteiger partial charge in [0.1, 0.15) is 0 Å². The molecule has 2 aromatic carbocycles. The first-order valence-electron chi connectivity index (χ1n) is 9.42. The lowest BCUT2D eigenvalue weighted by Gasteiger charge is -2.34. The van der Waals surface area contributed by atoms with Crippen molar-refractivity contribution in [2.45, 2.75) is 57.0 Å². The fourth-order valence-electron chi connectivity index (χ4n) is 3.49. The van der Waals surface area contributed by atoms with Gasteiger partial charge in [0.25, 0.3) is 0 Å². The fourth-order valence-corrected chi connectivity index (χ4v) is 5.26. The Balaban J connectivity index is 1.69. The summed E-state index contributed by atoms with van der Waals surface area (Å²) >= 11 is 0. The number of nitrogens with zero attached hydrogens (tertiary/aromatic N) is 1. The van der Waals surface area contributed by atoms with Crippen LogP contribution in [0.15, 0.2) is 53.4 Å². The highest BCUT2D eigenvalue weighted by Crippen LogP contribution is 2.27. The highest BCUT2D eigenvalue weighted by molar-refractivity contribution is 7.89. The van der Waals surface area contributed by atoms with Crippen molar-refractivity contribution in [1.29, 1.82) is 0 Å². The quantitative estimate of drug-likeness (QED) is 0.809. The average molecular weight is 373 g/mol. The van der Waals surface area contributed by atoms with Crippen LogP contribution >= 0.6 is 0 Å². The molecule has 0 spiro atoms. The van der Waals surface area contributed by atoms with Crippen LogP contribution in [-0.2, 0) is 16.6 Å². The molecule has 1 fully saturated rings. The smallest absolute Gasteiger partial charge is 0.243 e. The molecule has 1 aliphatic heterocycles. The van der Waals surface area contributed by atoms with Gasteiger partial charge in [-0.3, -0.25) is 0 Å². The predicted molar refractivity (Wildman–Crippen MR) is 107 cm³/mol. The molecule has 1 saturated heterocycles. The molecule has 0 radical (unpaired) electrons. The predicted octanol–water partition coefficient (Wildman–Crippen LogP) is 4.56. The maximum atomic E-state index is 13.0. The summed E-state index contributed by atoms with van der Waals surface area (Å²) in [6.45, 7) is 5.49. The Bertz CT molecular complexity index is 814. The Kier molecular flexibility index (Phi) is 5.99. The molecule has 1 heterocycles. The monoisotopic (exact) mass is 372 g/mol. The van der Waals surface area contributed by atoms with Gasteiger partial charge in [-0.2, -0.15) is 4.31 Å². The highest BCUT2D eigenvalue weighted by atomic mass is 32.2. The van der Waals surface area contributed by atoms with Crippen molar-refractivity contribution in [3.8, 4) is 0 Å². The van der Waals surface area contributed by atoms with Gasteiger partial charge in [0.2, 0.25) is 10.0 Å². The maximum absolute atomic E-state index is 13.0. The van der Waals surface area contributed by atoms with E-state index in [1.54, 1.807) is 16.4 Å². The SMILES string of the molecule is CCC1CCCCN1S(=O)(=O)c1ccc(NCc2ccc(C)cc2)cc1. The number of piperidine rings is 1. The highest BCUT2D eigenvalue weighted by Gasteiger charge is 2.32. The number of rotatable bonds is 6. The Hall–Kier alpha value is -1.85. The van der Waals surface area contributed by atoms with Crippen LogP contribution in [0.2, 0.25) is 0 Å². The molecule has 1 aliphatic rings. The lowest BCUT2D eigenvalue weighted by Crippen LogP contribution is -2.43. The largest absolute Gasteiger partial charge is 0.381 e. The molecule has 0 bridgehead atoms. The first-order valence-corrected chi connectivity index (χ1v) is 10.9. The van der Waals surface area contributed by atoms with Crippen LogP contribution in [-0.4, -0.2) is 25.3 Å². The van der Waals surface area contributed by atoms with Gasteiger partial charge in [0, 0.05) is 24.8 Å². The number of anilines is 1. The van der Waals surface area contributed by atoms with E-state index in [0.717, 1.165) is 37.9 Å². The van der Waals surface area contributed by atoms with Gasteiger partial charge in [-0.15, -0.1) is 0 Å². The molecule has 140 valence electrons. The normalized spacial score (nSPS) is 18.6. The standard InChI is InChI=1S/C21H28N2O2S/c1-3-20-6-4-5-15-23(20)26(24,25)21-13-11-19(12-14-21)22-16-18-9-7-17(2)8-10-18/h7-14,20,22H,3-6,15-16H2,1-2H3. The van der Waals surface area contributed by atoms with Crippen molar-refractivity contribution in [3.05, 3.63) is 59.7 Å². The molecular formula is C21H28N2O2S. The third-order valence-electron chi connectivity index (χ3n) is 5.12. The summed E-state index contributed by atoms with van der Waals surface area (Å²) in [6.07, 6.45) is 3.90. The fraction of sp³-hybridized carbons (Fsp3) is 0.429. The summed E-state index contributed by atoms with van der Waals surface area (Å²) in [5.74, 6) is 0. The number of sulfonamides is 1. The molecule has 2 aromatic rings. The van der Waals surface area contributed by atoms with E-state index in [1.807, 2.05) is 12.1 Å². The minimum Gasteiger partial charge on any atom is -0.381 e. The topological polar surface area (TPSA) is 49.4 Å². The first-order chi connectivity index (χ1) is 12.5. The summed E-state index contributed by atoms with van der Waals surface area (Å²) < 4.78 is 27.7. The van der Waals surface area contributed by atoms with E-state index in [0.29, 0.717) is 11.4 Å². The second-order valence-corrected chi connectivity index (χ2v) is 8.93. The summed E-state index contributed by atoms with van der Waals surface area (Å²) in [4.78, 5) is 0.388. The van der Waals surface area contributed by atoms with Crippen molar-refractivity contribution in [2.75, 3.05) is 11.9 Å². The summed E-state index contributed by atoms with van der Waals surface area (Å²) in [5.41, 5.74) is 3.37. The van der Waals surface area contributed by atoms with Crippen LogP contribution in [0.4, 0.5) is 5.69 Å². The zero-order valence-electron chi connectivity index (χ0n) is 15.6. The second kappa shape index (κ2) is 8.23. The molecular weight excluding hydrogens is 344 g/mol. The van der Waals surface area contributed by atoms with E-state index in [4.69, 9.17) is 0 Å². The molecule has 3 rings (SSSR count). The van der Waals surface area contributed by atoms with E-state index < -0.39 is 10.0 Å². The van der Waals surface area contributed by atoms with Gasteiger partial charge >= 0.3 is 0 Å². The van der Waals surface area contributed by atoms with Crippen LogP contribution in [0.25, 0.3) is 0 Å². The van der Waals surface area contributed by atoms with Gasteiger partial charge < -0.3 is 5.32 Å². The number of hydrogen-bond acceptors (Lipinski definition) is 3. The Labute approximate surface area is 157 Å². The lowest BCUT2D eigenvalue weighted by atomic mass is 10.0. The summed E-state index contributed by atoms with van der Waals surface area (Å²) in [7, 11) is -3.41. The van der Waals surface area contributed by atoms with Crippen molar-refractivity contribution in [1.82, 2.24) is 4.31 Å². The minimum atomic E-state index is -3.41. The maximum Gasteiger partial charge on any atom is 0.243 e. The zero-order chi connectivity index (χ0) is 18.6. The lowest BCUT2D eigenvalue weighted by molar-refractivity contribution is 0.246. The zero-order valence-corrected chi connectivity index (χ0v) is 16.4. The van der Waals surface area contributed by atoms with Crippen molar-refractivity contribution >= 4 is 15.7 Å². The molecule has 0 aromatic heterocycles. The Morgan fingerprint density at radius 2 is 1.73 bits per heavy atom. The molecule has 0 amide bonds. The first kappa shape index (κ1) is 18.9. The number of hydrogen-bond donors (Lipinski definition) is 1. The molecule has 5 heteroatoms. The summed E-state index contributed by atoms with van der Waals surface area (Å²) in [5, 5.41) is 3.35. The van der Waals surface area contributed by atoms with Gasteiger partial charge in [0.05, 0.1) is 4.90 Å². The number of nitrogens with one attached hydrogen (secondary N) is 1. The molecule has 0 saturated carbocycles. The molecule has 1 atom stereocenters. The van der Waals surface area contributed by atoms with Gasteiger partial charge in [0.15, 0.2) is 0 Å². The third-order valence-corrected chi connectivity index (χ3v) is 7.09. The van der Waals surface area contributed by atoms with Crippen molar-refractivity contribution < 1.29 is 8.42 Å². The molecule has 4 nitrogen and oxygen atoms in total. The van der Waals surface area contributed by atoms with Gasteiger partial charge in [-0.05, 0) is 56.0 Å². The second-order valence-electron chi connectivity index (χ2n) is 7.04. The van der Waals surface area contributed by atoms with Crippen LogP contribution < -0.4 is 5.32 Å². The van der Waals surface area contributed by atoms with E-state index in [9.17, 15) is 8.42 Å². The van der Waals surface area contributed by atoms with Crippen LogP contribution in [0.3, 0.4) is 0 Å². The van der Waals surface area contributed by atoms with E-state index >= 15 is 0 Å². The van der Waals surface area contributed by atoms with Crippen LogP contribution in [0.5, 0.6) is 0 Å². The van der Waals surface area contributed by atoms with Crippen LogP contribution in [0.1, 0.15) is 43.7 Å². The third kappa shape index (κ3) is 4.27. The van der Waals surface area contributed by atoms with Gasteiger partial charge in [-0.1, -0.05) is 43.2 Å². The number of aryl methyl sites for hydroxylation is 1. The van der Waals surface area contributed by atoms with Crippen molar-refractivity contribution in [3.63, 3.8) is 0 Å². The molecule has 1 N–H and O–H groups in total. The summed E-state index contributed by atoms with van der Waals surface area (Å²) in [6, 6.07) is 15.7. The Morgan fingerprint density at radius 3 is 2.38 bits per heavy atom. The van der Waals surface area contributed by atoms with E-state index in [2.05, 4.69) is 43.4 Å². The molecule has 1 unspecified atom stereocenters. The molecule has 0 aliphatic carbocycles. The molecule has 26 heavy (non-hydrogen) atoms. The van der Waals surface area contributed by atoms with Gasteiger partial charge in [-0.25, -0.2) is 8.42 Å². The average Bonchev–Trinajstić information content (AvgIpc) is 2.68.